The molecule has 0 amide bonds. The lowest BCUT2D eigenvalue weighted by molar-refractivity contribution is 0.0696. The predicted molar refractivity (Wildman–Crippen MR) is 115 cm³/mol. The molecule has 3 aromatic rings. The number of carboxylic acids is 1. The largest absolute Gasteiger partial charge is 0.478 e. The lowest BCUT2D eigenvalue weighted by Gasteiger charge is -2.14. The average molecular weight is 442 g/mol. The summed E-state index contributed by atoms with van der Waals surface area (Å²) in [7, 11) is 0. The van der Waals surface area contributed by atoms with E-state index in [0.717, 1.165) is 45.0 Å². The van der Waals surface area contributed by atoms with Crippen LogP contribution < -0.4 is 0 Å². The van der Waals surface area contributed by atoms with E-state index in [4.69, 9.17) is 0 Å². The lowest BCUT2D eigenvalue weighted by atomic mass is 9.96. The molecule has 2 aromatic carbocycles. The van der Waals surface area contributed by atoms with Crippen molar-refractivity contribution < 1.29 is 14.7 Å². The number of carbonyl (C=O) groups is 2. The van der Waals surface area contributed by atoms with Crippen molar-refractivity contribution in [3.05, 3.63) is 69.3 Å². The van der Waals surface area contributed by atoms with Crippen LogP contribution in [-0.2, 0) is 13.0 Å². The maximum atomic E-state index is 13.1. The number of carboxylic acid groups (broad SMARTS) is 1. The Morgan fingerprint density at radius 3 is 2.46 bits per heavy atom. The molecule has 1 N–H and O–H groups in total. The Labute approximate surface area is 173 Å². The Kier molecular flexibility index (Phi) is 6.04. The normalized spacial score (nSPS) is 11.3. The molecule has 146 valence electrons. The summed E-state index contributed by atoms with van der Waals surface area (Å²) < 4.78 is 3.10. The van der Waals surface area contributed by atoms with Crippen molar-refractivity contribution in [2.24, 2.45) is 5.92 Å². The van der Waals surface area contributed by atoms with Crippen LogP contribution >= 0.6 is 15.9 Å². The molecule has 4 nitrogen and oxygen atoms in total. The third kappa shape index (κ3) is 3.76. The number of carbonyl (C=O) groups excluding carboxylic acids is 1. The Morgan fingerprint density at radius 2 is 1.86 bits per heavy atom. The van der Waals surface area contributed by atoms with E-state index in [1.807, 2.05) is 38.1 Å². The minimum atomic E-state index is -0.968. The van der Waals surface area contributed by atoms with Crippen molar-refractivity contribution in [1.29, 1.82) is 0 Å². The van der Waals surface area contributed by atoms with Gasteiger partial charge in [-0.05, 0) is 30.2 Å². The van der Waals surface area contributed by atoms with Crippen LogP contribution in [0.5, 0.6) is 0 Å². The fourth-order valence-electron chi connectivity index (χ4n) is 3.57. The molecule has 5 heteroatoms. The number of nitrogens with zero attached hydrogens (tertiary/aromatic N) is 1. The molecule has 0 bridgehead atoms. The monoisotopic (exact) mass is 441 g/mol. The third-order valence-corrected chi connectivity index (χ3v) is 5.74. The average Bonchev–Trinajstić information content (AvgIpc) is 2.95. The highest BCUT2D eigenvalue weighted by Crippen LogP contribution is 2.32. The summed E-state index contributed by atoms with van der Waals surface area (Å²) in [5, 5.41) is 10.3. The van der Waals surface area contributed by atoms with Gasteiger partial charge in [-0.1, -0.05) is 67.4 Å². The molecule has 0 aliphatic carbocycles. The zero-order valence-corrected chi connectivity index (χ0v) is 17.9. The molecule has 0 atom stereocenters. The molecule has 3 rings (SSSR count). The topological polar surface area (TPSA) is 59.3 Å². The number of aromatic carboxylic acids is 1. The molecule has 28 heavy (non-hydrogen) atoms. The van der Waals surface area contributed by atoms with Gasteiger partial charge in [-0.2, -0.15) is 0 Å². The first-order valence-corrected chi connectivity index (χ1v) is 10.3. The molecular weight excluding hydrogens is 418 g/mol. The molecule has 1 aromatic heterocycles. The minimum Gasteiger partial charge on any atom is -0.478 e. The highest BCUT2D eigenvalue weighted by Gasteiger charge is 2.24. The van der Waals surface area contributed by atoms with Crippen molar-refractivity contribution in [1.82, 2.24) is 4.57 Å². The van der Waals surface area contributed by atoms with E-state index in [9.17, 15) is 14.7 Å². The van der Waals surface area contributed by atoms with Crippen LogP contribution in [0.3, 0.4) is 0 Å². The van der Waals surface area contributed by atoms with Gasteiger partial charge in [-0.15, -0.1) is 0 Å². The van der Waals surface area contributed by atoms with Crippen LogP contribution in [0.15, 0.2) is 46.9 Å². The number of hydrogen-bond acceptors (Lipinski definition) is 2. The molecule has 0 fully saturated rings. The number of rotatable bonds is 7. The number of hydrogen-bond donors (Lipinski definition) is 1. The van der Waals surface area contributed by atoms with Crippen LogP contribution in [0.2, 0.25) is 0 Å². The molecule has 0 unspecified atom stereocenters. The van der Waals surface area contributed by atoms with Gasteiger partial charge in [0, 0.05) is 33.6 Å². The Morgan fingerprint density at radius 1 is 1.14 bits per heavy atom. The Bertz CT molecular complexity index is 1050. The second kappa shape index (κ2) is 8.31. The molecule has 0 saturated carbocycles. The predicted octanol–water partition coefficient (Wildman–Crippen LogP) is 5.94. The molecule has 0 aliphatic heterocycles. The van der Waals surface area contributed by atoms with Crippen LogP contribution in [0.1, 0.15) is 59.2 Å². The van der Waals surface area contributed by atoms with E-state index in [2.05, 4.69) is 27.4 Å². The maximum Gasteiger partial charge on any atom is 0.335 e. The van der Waals surface area contributed by atoms with Gasteiger partial charge in [0.25, 0.3) is 0 Å². The number of fused-ring (bicyclic) bond motifs is 1. The standard InChI is InChI=1S/C23H24BrNO3/c1-4-7-19-21(22(26)14(2)3)17-11-10-15(23(27)28)12-20(17)25(19)13-16-8-5-6-9-18(16)24/h5-6,8-12,14H,4,7,13H2,1-3H3,(H,27,28). The molecule has 0 spiro atoms. The van der Waals surface area contributed by atoms with Crippen LogP contribution in [0.25, 0.3) is 10.9 Å². The molecule has 0 saturated heterocycles. The molecule has 0 aliphatic rings. The van der Waals surface area contributed by atoms with Crippen molar-refractivity contribution in [2.75, 3.05) is 0 Å². The summed E-state index contributed by atoms with van der Waals surface area (Å²) in [4.78, 5) is 24.6. The van der Waals surface area contributed by atoms with Crippen LogP contribution in [0.4, 0.5) is 0 Å². The fraction of sp³-hybridized carbons (Fsp3) is 0.304. The summed E-state index contributed by atoms with van der Waals surface area (Å²) in [5.41, 5.74) is 3.82. The lowest BCUT2D eigenvalue weighted by Crippen LogP contribution is -2.12. The summed E-state index contributed by atoms with van der Waals surface area (Å²) in [6.07, 6.45) is 1.66. The summed E-state index contributed by atoms with van der Waals surface area (Å²) in [6.45, 7) is 6.47. The van der Waals surface area contributed by atoms with Gasteiger partial charge in [0.2, 0.25) is 0 Å². The van der Waals surface area contributed by atoms with Gasteiger partial charge in [-0.3, -0.25) is 4.79 Å². The van der Waals surface area contributed by atoms with Gasteiger partial charge < -0.3 is 9.67 Å². The number of halogens is 1. The first-order valence-electron chi connectivity index (χ1n) is 9.51. The SMILES string of the molecule is CCCc1c(C(=O)C(C)C)c2ccc(C(=O)O)cc2n1Cc1ccccc1Br. The summed E-state index contributed by atoms with van der Waals surface area (Å²) in [5.74, 6) is -0.996. The van der Waals surface area contributed by atoms with Crippen molar-refractivity contribution in [2.45, 2.75) is 40.2 Å². The van der Waals surface area contributed by atoms with E-state index >= 15 is 0 Å². The summed E-state index contributed by atoms with van der Waals surface area (Å²) in [6, 6.07) is 13.0. The Hall–Kier alpha value is -2.40. The van der Waals surface area contributed by atoms with Gasteiger partial charge in [0.05, 0.1) is 11.1 Å². The van der Waals surface area contributed by atoms with Crippen molar-refractivity contribution in [3.63, 3.8) is 0 Å². The Balaban J connectivity index is 2.33. The highest BCUT2D eigenvalue weighted by molar-refractivity contribution is 9.10. The van der Waals surface area contributed by atoms with Crippen LogP contribution in [0, 0.1) is 5.92 Å². The van der Waals surface area contributed by atoms with E-state index in [1.165, 1.54) is 0 Å². The van der Waals surface area contributed by atoms with Crippen molar-refractivity contribution in [3.8, 4) is 0 Å². The first kappa shape index (κ1) is 20.3. The molecule has 1 heterocycles. The number of benzene rings is 2. The van der Waals surface area contributed by atoms with Gasteiger partial charge in [0.15, 0.2) is 5.78 Å². The van der Waals surface area contributed by atoms with E-state index in [0.29, 0.717) is 6.54 Å². The quantitative estimate of drug-likeness (QED) is 0.461. The van der Waals surface area contributed by atoms with E-state index < -0.39 is 5.97 Å². The zero-order valence-electron chi connectivity index (χ0n) is 16.3. The summed E-state index contributed by atoms with van der Waals surface area (Å²) >= 11 is 3.60. The van der Waals surface area contributed by atoms with E-state index in [-0.39, 0.29) is 17.3 Å². The smallest absolute Gasteiger partial charge is 0.335 e. The van der Waals surface area contributed by atoms with E-state index in [1.54, 1.807) is 18.2 Å². The molecule has 0 radical (unpaired) electrons. The second-order valence-electron chi connectivity index (χ2n) is 7.31. The second-order valence-corrected chi connectivity index (χ2v) is 8.16. The first-order chi connectivity index (χ1) is 13.3. The van der Waals surface area contributed by atoms with Crippen molar-refractivity contribution >= 4 is 38.6 Å². The van der Waals surface area contributed by atoms with Gasteiger partial charge in [0.1, 0.15) is 0 Å². The fourth-order valence-corrected chi connectivity index (χ4v) is 3.98. The zero-order chi connectivity index (χ0) is 20.4. The van der Waals surface area contributed by atoms with Crippen LogP contribution in [-0.4, -0.2) is 21.4 Å². The maximum absolute atomic E-state index is 13.1. The number of aromatic nitrogens is 1. The minimum absolute atomic E-state index is 0.0994. The number of ketones is 1. The molecular formula is C23H24BrNO3. The highest BCUT2D eigenvalue weighted by atomic mass is 79.9. The third-order valence-electron chi connectivity index (χ3n) is 4.96. The number of Topliss-reactive ketones (excluding diaryl/α,β-unsaturated/α-hetero) is 1. The van der Waals surface area contributed by atoms with Gasteiger partial charge in [-0.25, -0.2) is 4.79 Å². The van der Waals surface area contributed by atoms with Gasteiger partial charge >= 0.3 is 5.97 Å².